The van der Waals surface area contributed by atoms with Gasteiger partial charge >= 0.3 is 0 Å². The molecule has 1 unspecified atom stereocenters. The van der Waals surface area contributed by atoms with Crippen molar-refractivity contribution in [2.24, 2.45) is 0 Å². The molecule has 0 bridgehead atoms. The third-order valence-corrected chi connectivity index (χ3v) is 6.58. The number of fused-ring (bicyclic) bond motifs is 1. The maximum atomic E-state index is 13.1. The molecular formula is C25H25N3O3S. The molecule has 1 amide bonds. The van der Waals surface area contributed by atoms with Gasteiger partial charge < -0.3 is 14.4 Å². The Bertz CT molecular complexity index is 1120. The molecule has 5 rings (SSSR count). The van der Waals surface area contributed by atoms with E-state index in [1.165, 1.54) is 11.8 Å². The summed E-state index contributed by atoms with van der Waals surface area (Å²) in [5.74, 6) is 1.97. The van der Waals surface area contributed by atoms with Crippen LogP contribution in [0.15, 0.2) is 59.8 Å². The molecule has 0 saturated carbocycles. The van der Waals surface area contributed by atoms with Gasteiger partial charge in [0.05, 0.1) is 17.5 Å². The molecule has 1 atom stereocenters. The summed E-state index contributed by atoms with van der Waals surface area (Å²) in [6.45, 7) is 3.85. The topological polar surface area (TPSA) is 64.6 Å². The highest BCUT2D eigenvalue weighted by Crippen LogP contribution is 2.38. The number of likely N-dealkylation sites (tertiary alicyclic amines) is 1. The number of thioether (sulfide) groups is 1. The average molecular weight is 448 g/mol. The minimum atomic E-state index is 0.0669. The fraction of sp³-hybridized carbons (Fsp3) is 0.320. The highest BCUT2D eigenvalue weighted by molar-refractivity contribution is 7.99. The fourth-order valence-electron chi connectivity index (χ4n) is 4.25. The molecule has 0 aliphatic carbocycles. The molecule has 0 N–H and O–H groups in total. The van der Waals surface area contributed by atoms with E-state index in [-0.39, 0.29) is 11.9 Å². The Kier molecular flexibility index (Phi) is 5.99. The van der Waals surface area contributed by atoms with Crippen LogP contribution in [0.3, 0.4) is 0 Å². The average Bonchev–Trinajstić information content (AvgIpc) is 3.33. The van der Waals surface area contributed by atoms with E-state index < -0.39 is 0 Å². The fourth-order valence-corrected chi connectivity index (χ4v) is 5.04. The van der Waals surface area contributed by atoms with Crippen molar-refractivity contribution in [3.05, 3.63) is 65.9 Å². The molecule has 3 aromatic rings. The maximum Gasteiger partial charge on any atom is 0.233 e. The number of aromatic nitrogens is 2. The molecule has 3 heterocycles. The summed E-state index contributed by atoms with van der Waals surface area (Å²) in [7, 11) is 0. The van der Waals surface area contributed by atoms with Gasteiger partial charge in [0.25, 0.3) is 0 Å². The molecule has 32 heavy (non-hydrogen) atoms. The van der Waals surface area contributed by atoms with Gasteiger partial charge in [0.1, 0.15) is 13.2 Å². The van der Waals surface area contributed by atoms with Crippen LogP contribution in [0.1, 0.15) is 30.1 Å². The molecule has 2 aliphatic heterocycles. The van der Waals surface area contributed by atoms with Crippen LogP contribution in [0.25, 0.3) is 11.3 Å². The van der Waals surface area contributed by atoms with Crippen LogP contribution in [-0.4, -0.2) is 46.3 Å². The van der Waals surface area contributed by atoms with Crippen molar-refractivity contribution in [1.29, 1.82) is 0 Å². The molecule has 1 aromatic heterocycles. The molecule has 2 aromatic carbocycles. The lowest BCUT2D eigenvalue weighted by Gasteiger charge is -2.26. The van der Waals surface area contributed by atoms with Gasteiger partial charge in [0.15, 0.2) is 16.7 Å². The summed E-state index contributed by atoms with van der Waals surface area (Å²) in [4.78, 5) is 24.3. The summed E-state index contributed by atoms with van der Waals surface area (Å²) >= 11 is 1.40. The second-order valence-corrected chi connectivity index (χ2v) is 8.92. The number of rotatable bonds is 5. The van der Waals surface area contributed by atoms with Crippen LogP contribution in [0, 0.1) is 6.92 Å². The van der Waals surface area contributed by atoms with E-state index in [2.05, 4.69) is 9.97 Å². The number of carbonyl (C=O) groups excluding carboxylic acids is 1. The lowest BCUT2D eigenvalue weighted by Crippen LogP contribution is -2.32. The first-order chi connectivity index (χ1) is 15.7. The van der Waals surface area contributed by atoms with Gasteiger partial charge in [0, 0.05) is 17.8 Å². The zero-order chi connectivity index (χ0) is 21.9. The van der Waals surface area contributed by atoms with E-state index in [0.29, 0.717) is 24.1 Å². The first-order valence-corrected chi connectivity index (χ1v) is 11.9. The van der Waals surface area contributed by atoms with E-state index in [1.807, 2.05) is 66.4 Å². The Balaban J connectivity index is 1.28. The predicted octanol–water partition coefficient (Wildman–Crippen LogP) is 4.68. The second kappa shape index (κ2) is 9.20. The summed E-state index contributed by atoms with van der Waals surface area (Å²) in [5.41, 5.74) is 3.92. The van der Waals surface area contributed by atoms with Crippen LogP contribution >= 0.6 is 11.8 Å². The zero-order valence-electron chi connectivity index (χ0n) is 18.0. The van der Waals surface area contributed by atoms with E-state index in [1.54, 1.807) is 0 Å². The van der Waals surface area contributed by atoms with Crippen molar-refractivity contribution in [2.75, 3.05) is 25.5 Å². The quantitative estimate of drug-likeness (QED) is 0.418. The van der Waals surface area contributed by atoms with E-state index in [4.69, 9.17) is 9.47 Å². The Labute approximate surface area is 192 Å². The number of benzene rings is 2. The maximum absolute atomic E-state index is 13.1. The van der Waals surface area contributed by atoms with Gasteiger partial charge in [-0.3, -0.25) is 4.79 Å². The molecule has 164 valence electrons. The standard InChI is InChI=1S/C25H25N3O3S/c1-17-14-20(18-6-3-2-4-7-18)27-25(26-17)32-16-24(29)28-11-5-8-21(28)19-9-10-22-23(15-19)31-13-12-30-22/h2-4,6-7,9-10,14-15,21H,5,8,11-13,16H2,1H3. The molecule has 2 aliphatic rings. The lowest BCUT2D eigenvalue weighted by atomic mass is 10.0. The number of nitrogens with zero attached hydrogens (tertiary/aromatic N) is 3. The highest BCUT2D eigenvalue weighted by Gasteiger charge is 2.31. The summed E-state index contributed by atoms with van der Waals surface area (Å²) in [5, 5.41) is 0.632. The Morgan fingerprint density at radius 2 is 1.88 bits per heavy atom. The molecule has 0 radical (unpaired) electrons. The van der Waals surface area contributed by atoms with Gasteiger partial charge in [-0.05, 0) is 43.5 Å². The number of hydrogen-bond donors (Lipinski definition) is 0. The van der Waals surface area contributed by atoms with Gasteiger partial charge in [-0.25, -0.2) is 9.97 Å². The van der Waals surface area contributed by atoms with Gasteiger partial charge in [0.2, 0.25) is 5.91 Å². The van der Waals surface area contributed by atoms with E-state index in [0.717, 1.165) is 53.4 Å². The van der Waals surface area contributed by atoms with Crippen molar-refractivity contribution < 1.29 is 14.3 Å². The number of carbonyl (C=O) groups is 1. The van der Waals surface area contributed by atoms with Crippen LogP contribution < -0.4 is 9.47 Å². The van der Waals surface area contributed by atoms with Gasteiger partial charge in [-0.1, -0.05) is 48.2 Å². The highest BCUT2D eigenvalue weighted by atomic mass is 32.2. The molecule has 1 fully saturated rings. The Morgan fingerprint density at radius 1 is 1.06 bits per heavy atom. The normalized spacial score (nSPS) is 17.4. The van der Waals surface area contributed by atoms with Crippen molar-refractivity contribution >= 4 is 17.7 Å². The second-order valence-electron chi connectivity index (χ2n) is 7.98. The van der Waals surface area contributed by atoms with Crippen LogP contribution in [0.5, 0.6) is 11.5 Å². The molecule has 1 saturated heterocycles. The van der Waals surface area contributed by atoms with Crippen molar-refractivity contribution in [1.82, 2.24) is 14.9 Å². The number of amides is 1. The smallest absolute Gasteiger partial charge is 0.233 e. The van der Waals surface area contributed by atoms with E-state index >= 15 is 0 Å². The summed E-state index contributed by atoms with van der Waals surface area (Å²) in [6, 6.07) is 18.1. The monoisotopic (exact) mass is 447 g/mol. The first-order valence-electron chi connectivity index (χ1n) is 10.9. The number of aryl methyl sites for hydroxylation is 1. The Morgan fingerprint density at radius 3 is 2.72 bits per heavy atom. The first kappa shape index (κ1) is 20.8. The van der Waals surface area contributed by atoms with E-state index in [9.17, 15) is 4.79 Å². The summed E-state index contributed by atoms with van der Waals surface area (Å²) < 4.78 is 11.4. The van der Waals surface area contributed by atoms with Crippen LogP contribution in [0.4, 0.5) is 0 Å². The predicted molar refractivity (Wildman–Crippen MR) is 124 cm³/mol. The van der Waals surface area contributed by atoms with Gasteiger partial charge in [-0.2, -0.15) is 0 Å². The SMILES string of the molecule is Cc1cc(-c2ccccc2)nc(SCC(=O)N2CCCC2c2ccc3c(c2)OCCO3)n1. The lowest BCUT2D eigenvalue weighted by molar-refractivity contribution is -0.129. The largest absolute Gasteiger partial charge is 0.486 e. The molecule has 6 nitrogen and oxygen atoms in total. The van der Waals surface area contributed by atoms with Crippen LogP contribution in [-0.2, 0) is 4.79 Å². The minimum Gasteiger partial charge on any atom is -0.486 e. The van der Waals surface area contributed by atoms with Crippen molar-refractivity contribution in [3.63, 3.8) is 0 Å². The van der Waals surface area contributed by atoms with Gasteiger partial charge in [-0.15, -0.1) is 0 Å². The third kappa shape index (κ3) is 4.43. The number of hydrogen-bond acceptors (Lipinski definition) is 6. The zero-order valence-corrected chi connectivity index (χ0v) is 18.8. The molecule has 7 heteroatoms. The van der Waals surface area contributed by atoms with Crippen LogP contribution in [0.2, 0.25) is 0 Å². The Hall–Kier alpha value is -3.06. The third-order valence-electron chi connectivity index (χ3n) is 5.75. The van der Waals surface area contributed by atoms with Crippen molar-refractivity contribution in [2.45, 2.75) is 31.0 Å². The van der Waals surface area contributed by atoms with Crippen molar-refractivity contribution in [3.8, 4) is 22.8 Å². The minimum absolute atomic E-state index is 0.0669. The summed E-state index contributed by atoms with van der Waals surface area (Å²) in [6.07, 6.45) is 1.95. The number of ether oxygens (including phenoxy) is 2. The molecular weight excluding hydrogens is 422 g/mol. The molecule has 0 spiro atoms.